The molecule has 0 atom stereocenters. The number of aromatic nitrogens is 2. The highest BCUT2D eigenvalue weighted by Crippen LogP contribution is 2.16. The molecule has 0 aliphatic heterocycles. The van der Waals surface area contributed by atoms with Crippen molar-refractivity contribution < 1.29 is 0 Å². The molecule has 1 N–H and O–H groups in total. The first-order valence-corrected chi connectivity index (χ1v) is 7.91. The summed E-state index contributed by atoms with van der Waals surface area (Å²) in [7, 11) is 0. The third-order valence-corrected chi connectivity index (χ3v) is 3.16. The Kier molecular flexibility index (Phi) is 7.34. The van der Waals surface area contributed by atoms with E-state index in [1.54, 1.807) is 0 Å². The van der Waals surface area contributed by atoms with Gasteiger partial charge in [-0.15, -0.1) is 0 Å². The molecule has 4 heteroatoms. The van der Waals surface area contributed by atoms with Crippen molar-refractivity contribution in [3.05, 3.63) is 11.8 Å². The van der Waals surface area contributed by atoms with Crippen molar-refractivity contribution in [2.24, 2.45) is 5.92 Å². The van der Waals surface area contributed by atoms with E-state index in [-0.39, 0.29) is 0 Å². The van der Waals surface area contributed by atoms with E-state index in [4.69, 9.17) is 0 Å². The summed E-state index contributed by atoms with van der Waals surface area (Å²) in [6, 6.07) is 2.08. The van der Waals surface area contributed by atoms with E-state index in [1.807, 2.05) is 6.92 Å². The largest absolute Gasteiger partial charge is 0.356 e. The molecule has 4 nitrogen and oxygen atoms in total. The Balaban J connectivity index is 2.77. The topological polar surface area (TPSA) is 41.1 Å². The van der Waals surface area contributed by atoms with Gasteiger partial charge in [-0.2, -0.15) is 4.98 Å². The number of nitrogens with one attached hydrogen (secondary N) is 1. The van der Waals surface area contributed by atoms with Crippen LogP contribution in [0.3, 0.4) is 0 Å². The Morgan fingerprint density at radius 1 is 1.15 bits per heavy atom. The first kappa shape index (κ1) is 16.7. The van der Waals surface area contributed by atoms with E-state index in [0.29, 0.717) is 5.92 Å². The highest BCUT2D eigenvalue weighted by atomic mass is 15.2. The highest BCUT2D eigenvalue weighted by molar-refractivity contribution is 5.44. The van der Waals surface area contributed by atoms with Gasteiger partial charge in [0.1, 0.15) is 5.82 Å². The van der Waals surface area contributed by atoms with Gasteiger partial charge < -0.3 is 10.2 Å². The van der Waals surface area contributed by atoms with Crippen LogP contribution < -0.4 is 10.2 Å². The normalized spacial score (nSPS) is 10.9. The third kappa shape index (κ3) is 5.76. The van der Waals surface area contributed by atoms with Crippen molar-refractivity contribution in [2.45, 2.75) is 53.9 Å². The maximum Gasteiger partial charge on any atom is 0.224 e. The molecule has 1 heterocycles. The van der Waals surface area contributed by atoms with Gasteiger partial charge in [0, 0.05) is 31.4 Å². The maximum absolute atomic E-state index is 4.67. The molecular weight excluding hydrogens is 248 g/mol. The molecule has 0 radical (unpaired) electrons. The Hall–Kier alpha value is -1.32. The van der Waals surface area contributed by atoms with E-state index in [9.17, 15) is 0 Å². The number of anilines is 2. The van der Waals surface area contributed by atoms with Crippen LogP contribution in [-0.4, -0.2) is 29.6 Å². The van der Waals surface area contributed by atoms with E-state index in [0.717, 1.165) is 56.4 Å². The van der Waals surface area contributed by atoms with Crippen molar-refractivity contribution in [3.63, 3.8) is 0 Å². The van der Waals surface area contributed by atoms with Crippen LogP contribution in [-0.2, 0) is 0 Å². The standard InChI is InChI=1S/C16H30N4/c1-6-10-20(11-7-2)15-12-14(5)18-16(19-15)17-9-8-13(3)4/h12-13H,6-11H2,1-5H3,(H,17,18,19). The van der Waals surface area contributed by atoms with Crippen LogP contribution in [0.4, 0.5) is 11.8 Å². The van der Waals surface area contributed by atoms with Crippen LogP contribution in [0.5, 0.6) is 0 Å². The van der Waals surface area contributed by atoms with Gasteiger partial charge >= 0.3 is 0 Å². The van der Waals surface area contributed by atoms with E-state index < -0.39 is 0 Å². The zero-order valence-corrected chi connectivity index (χ0v) is 13.7. The molecule has 0 spiro atoms. The van der Waals surface area contributed by atoms with Crippen molar-refractivity contribution in [1.29, 1.82) is 0 Å². The van der Waals surface area contributed by atoms with Crippen molar-refractivity contribution in [2.75, 3.05) is 29.9 Å². The molecule has 1 aromatic heterocycles. The highest BCUT2D eigenvalue weighted by Gasteiger charge is 2.09. The molecule has 0 aliphatic rings. The van der Waals surface area contributed by atoms with Gasteiger partial charge in [-0.25, -0.2) is 4.98 Å². The Morgan fingerprint density at radius 2 is 1.80 bits per heavy atom. The molecule has 0 aromatic carbocycles. The number of hydrogen-bond acceptors (Lipinski definition) is 4. The van der Waals surface area contributed by atoms with Gasteiger partial charge in [-0.05, 0) is 32.1 Å². The van der Waals surface area contributed by atoms with Crippen LogP contribution in [0, 0.1) is 12.8 Å². The smallest absolute Gasteiger partial charge is 0.224 e. The average Bonchev–Trinajstić information content (AvgIpc) is 2.37. The summed E-state index contributed by atoms with van der Waals surface area (Å²) in [4.78, 5) is 11.5. The zero-order valence-electron chi connectivity index (χ0n) is 13.7. The fraction of sp³-hybridized carbons (Fsp3) is 0.750. The summed E-state index contributed by atoms with van der Waals surface area (Å²) in [5.41, 5.74) is 1.03. The maximum atomic E-state index is 4.67. The quantitative estimate of drug-likeness (QED) is 0.744. The van der Waals surface area contributed by atoms with Crippen molar-refractivity contribution in [3.8, 4) is 0 Å². The Labute approximate surface area is 124 Å². The zero-order chi connectivity index (χ0) is 15.0. The molecule has 20 heavy (non-hydrogen) atoms. The van der Waals surface area contributed by atoms with Crippen molar-refractivity contribution >= 4 is 11.8 Å². The number of hydrogen-bond donors (Lipinski definition) is 1. The minimum absolute atomic E-state index is 0.698. The first-order valence-electron chi connectivity index (χ1n) is 7.91. The van der Waals surface area contributed by atoms with Crippen LogP contribution in [0.25, 0.3) is 0 Å². The van der Waals surface area contributed by atoms with Crippen LogP contribution in [0.2, 0.25) is 0 Å². The lowest BCUT2D eigenvalue weighted by atomic mass is 10.1. The van der Waals surface area contributed by atoms with Gasteiger partial charge in [0.15, 0.2) is 0 Å². The second-order valence-electron chi connectivity index (χ2n) is 5.79. The van der Waals surface area contributed by atoms with Gasteiger partial charge in [0.2, 0.25) is 5.95 Å². The first-order chi connectivity index (χ1) is 9.56. The molecule has 1 aromatic rings. The van der Waals surface area contributed by atoms with Crippen LogP contribution in [0.15, 0.2) is 6.07 Å². The fourth-order valence-corrected chi connectivity index (χ4v) is 2.15. The molecule has 0 saturated heterocycles. The number of rotatable bonds is 9. The predicted octanol–water partition coefficient (Wildman–Crippen LogP) is 3.87. The Bertz CT molecular complexity index is 384. The summed E-state index contributed by atoms with van der Waals surface area (Å²) >= 11 is 0. The fourth-order valence-electron chi connectivity index (χ4n) is 2.15. The summed E-state index contributed by atoms with van der Waals surface area (Å²) in [5.74, 6) is 2.51. The summed E-state index contributed by atoms with van der Waals surface area (Å²) < 4.78 is 0. The van der Waals surface area contributed by atoms with E-state index in [1.165, 1.54) is 0 Å². The molecule has 0 unspecified atom stereocenters. The second kappa shape index (κ2) is 8.77. The average molecular weight is 278 g/mol. The SMILES string of the molecule is CCCN(CCC)c1cc(C)nc(NCCC(C)C)n1. The lowest BCUT2D eigenvalue weighted by Gasteiger charge is -2.23. The van der Waals surface area contributed by atoms with Gasteiger partial charge in [-0.3, -0.25) is 0 Å². The van der Waals surface area contributed by atoms with Gasteiger partial charge in [-0.1, -0.05) is 27.7 Å². The van der Waals surface area contributed by atoms with Gasteiger partial charge in [0.25, 0.3) is 0 Å². The lowest BCUT2D eigenvalue weighted by Crippen LogP contribution is -2.26. The minimum atomic E-state index is 0.698. The van der Waals surface area contributed by atoms with E-state index >= 15 is 0 Å². The molecule has 0 bridgehead atoms. The molecule has 0 aliphatic carbocycles. The predicted molar refractivity (Wildman–Crippen MR) is 87.5 cm³/mol. The van der Waals surface area contributed by atoms with Crippen LogP contribution >= 0.6 is 0 Å². The molecule has 0 fully saturated rings. The Morgan fingerprint density at radius 3 is 2.35 bits per heavy atom. The van der Waals surface area contributed by atoms with E-state index in [2.05, 4.69) is 53.9 Å². The number of nitrogens with zero attached hydrogens (tertiary/aromatic N) is 3. The summed E-state index contributed by atoms with van der Waals surface area (Å²) in [6.07, 6.45) is 3.42. The molecular formula is C16H30N4. The molecule has 0 amide bonds. The molecule has 1 rings (SSSR count). The summed E-state index contributed by atoms with van der Waals surface area (Å²) in [6.45, 7) is 13.9. The second-order valence-corrected chi connectivity index (χ2v) is 5.79. The van der Waals surface area contributed by atoms with Crippen LogP contribution in [0.1, 0.15) is 52.7 Å². The van der Waals surface area contributed by atoms with Gasteiger partial charge in [0.05, 0.1) is 0 Å². The monoisotopic (exact) mass is 278 g/mol. The van der Waals surface area contributed by atoms with Crippen molar-refractivity contribution in [1.82, 2.24) is 9.97 Å². The molecule has 0 saturated carbocycles. The third-order valence-electron chi connectivity index (χ3n) is 3.16. The minimum Gasteiger partial charge on any atom is -0.356 e. The summed E-state index contributed by atoms with van der Waals surface area (Å²) in [5, 5.41) is 3.35. The lowest BCUT2D eigenvalue weighted by molar-refractivity contribution is 0.605. The number of aryl methyl sites for hydroxylation is 1. The molecule has 114 valence electrons.